The maximum Gasteiger partial charge on any atom is 0.305 e. The number of imidazole rings is 1. The van der Waals surface area contributed by atoms with Gasteiger partial charge in [-0.05, 0) is 42.9 Å². The van der Waals surface area contributed by atoms with Crippen molar-refractivity contribution in [1.82, 2.24) is 62.8 Å². The molecule has 2 aromatic carbocycles. The first kappa shape index (κ1) is 69.4. The van der Waals surface area contributed by atoms with E-state index in [1.54, 1.807) is 42.6 Å². The SMILES string of the molecule is CCCC[C@H](NC(=O)CCNC(=O)[C@H](CCCC)NC(=O)[C@@H](N)CS)C(=O)N[C@@H](CC(=O)O)C(=O)N[C@@H](Cc1cnc[nH]1)C(=O)N[C@H](Cc1ccccc1)C(=O)N[C@@H](CCCN=C(N)N)C(=O)N[C@@H](Cc1c[nH]c2ccccc12)C(=O)NCC(N)=O. The molecule has 0 spiro atoms. The average molecular weight is 1220 g/mol. The van der Waals surface area contributed by atoms with Crippen LogP contribution in [0.5, 0.6) is 0 Å². The molecule has 0 radical (unpaired) electrons. The Labute approximate surface area is 502 Å². The van der Waals surface area contributed by atoms with Gasteiger partial charge in [-0.2, -0.15) is 12.6 Å². The molecular formula is C56H81N17O12S. The molecule has 10 amide bonds. The Morgan fingerprint density at radius 2 is 1.13 bits per heavy atom. The average Bonchev–Trinajstić information content (AvgIpc) is 3.31. The first-order valence-corrected chi connectivity index (χ1v) is 28.9. The number of nitrogens with one attached hydrogen (secondary N) is 11. The Balaban J connectivity index is 1.58. The van der Waals surface area contributed by atoms with Crippen molar-refractivity contribution in [2.24, 2.45) is 27.9 Å². The third-order valence-electron chi connectivity index (χ3n) is 13.4. The number of unbranched alkanes of at least 4 members (excludes halogenated alkanes) is 2. The van der Waals surface area contributed by atoms with E-state index >= 15 is 0 Å². The van der Waals surface area contributed by atoms with E-state index in [2.05, 4.69) is 80.4 Å². The van der Waals surface area contributed by atoms with E-state index in [-0.39, 0.29) is 69.7 Å². The van der Waals surface area contributed by atoms with Gasteiger partial charge in [0.05, 0.1) is 25.3 Å². The maximum absolute atomic E-state index is 14.7. The third-order valence-corrected chi connectivity index (χ3v) is 13.8. The highest BCUT2D eigenvalue weighted by atomic mass is 32.1. The van der Waals surface area contributed by atoms with Crippen molar-refractivity contribution in [1.29, 1.82) is 0 Å². The number of rotatable bonds is 39. The molecule has 0 bridgehead atoms. The van der Waals surface area contributed by atoms with E-state index in [0.29, 0.717) is 42.5 Å². The Bertz CT molecular complexity index is 2940. The fraction of sp³-hybridized carbons (Fsp3) is 0.482. The Kier molecular flexibility index (Phi) is 29.6. The van der Waals surface area contributed by atoms with Crippen LogP contribution in [0.4, 0.5) is 0 Å². The van der Waals surface area contributed by atoms with Gasteiger partial charge in [-0.15, -0.1) is 0 Å². The lowest BCUT2D eigenvalue weighted by Crippen LogP contribution is -2.60. The number of benzene rings is 2. The molecule has 8 atom stereocenters. The van der Waals surface area contributed by atoms with Crippen LogP contribution in [-0.2, 0) is 72.0 Å². The van der Waals surface area contributed by atoms with Crippen molar-refractivity contribution in [3.63, 3.8) is 0 Å². The molecule has 29 nitrogen and oxygen atoms in total. The number of carbonyl (C=O) groups excluding carboxylic acids is 10. The van der Waals surface area contributed by atoms with Crippen molar-refractivity contribution in [2.45, 2.75) is 146 Å². The monoisotopic (exact) mass is 1220 g/mol. The van der Waals surface area contributed by atoms with Gasteiger partial charge in [0, 0.05) is 73.5 Å². The molecular weight excluding hydrogens is 1130 g/mol. The number of hydrogen-bond donors (Lipinski definition) is 17. The standard InChI is InChI=1S/C56H81N17O12S/c1-3-5-16-38(68-48(78)36(57)30-86)49(79)62-22-20-46(75)67-39(17-6-4-2)51(81)73-44(26-47(76)77)55(85)72-43(25-34-28-61-31-66-34)54(84)70-41(23-32-13-8-7-9-14-32)53(83)69-40(19-12-21-63-56(59)60)52(82)71-42(50(80)65-29-45(58)74)24-33-27-64-37-18-11-10-15-35(33)37/h7-11,13-15,18,27-28,31,36,38-44,64,86H,3-6,12,16-17,19-26,29-30,57H2,1-2H3,(H2,58,74)(H,61,66)(H,62,79)(H,65,80)(H,67,75)(H,68,78)(H,69,83)(H,70,84)(H,71,82)(H,72,85)(H,73,81)(H,76,77)(H4,59,60,63)/t36-,38-,39-,40-,41+,42-,43-,44-/m0/s1. The van der Waals surface area contributed by atoms with Gasteiger partial charge >= 0.3 is 5.97 Å². The second kappa shape index (κ2) is 36.6. The van der Waals surface area contributed by atoms with Crippen LogP contribution in [0, 0.1) is 0 Å². The number of carboxylic acids is 1. The third kappa shape index (κ3) is 24.3. The van der Waals surface area contributed by atoms with Crippen LogP contribution < -0.4 is 70.8 Å². The number of nitrogens with zero attached hydrogens (tertiary/aromatic N) is 2. The quantitative estimate of drug-likeness (QED) is 0.00957. The van der Waals surface area contributed by atoms with Gasteiger partial charge < -0.3 is 85.9 Å². The van der Waals surface area contributed by atoms with E-state index in [9.17, 15) is 57.8 Å². The minimum atomic E-state index is -1.83. The molecule has 2 aromatic heterocycles. The molecule has 2 heterocycles. The van der Waals surface area contributed by atoms with Crippen molar-refractivity contribution >= 4 is 94.5 Å². The van der Waals surface area contributed by atoms with Crippen LogP contribution >= 0.6 is 12.6 Å². The predicted molar refractivity (Wildman–Crippen MR) is 321 cm³/mol. The minimum absolute atomic E-state index is 0.0231. The number of aromatic nitrogens is 3. The number of aromatic amines is 2. The van der Waals surface area contributed by atoms with E-state index < -0.39 is 126 Å². The molecule has 86 heavy (non-hydrogen) atoms. The highest BCUT2D eigenvalue weighted by Gasteiger charge is 2.35. The van der Waals surface area contributed by atoms with Gasteiger partial charge in [0.2, 0.25) is 59.1 Å². The number of hydrogen-bond acceptors (Lipinski definition) is 15. The van der Waals surface area contributed by atoms with Gasteiger partial charge in [0.25, 0.3) is 0 Å². The number of para-hydroxylation sites is 1. The molecule has 468 valence electrons. The van der Waals surface area contributed by atoms with Crippen molar-refractivity contribution in [2.75, 3.05) is 25.4 Å². The topological polar surface area (TPSA) is 477 Å². The van der Waals surface area contributed by atoms with Crippen LogP contribution in [0.25, 0.3) is 10.9 Å². The molecule has 0 saturated carbocycles. The van der Waals surface area contributed by atoms with Gasteiger partial charge in [-0.3, -0.25) is 57.7 Å². The number of thiol groups is 1. The number of H-pyrrole nitrogens is 2. The molecule has 0 aliphatic carbocycles. The van der Waals surface area contributed by atoms with Gasteiger partial charge in [0.1, 0.15) is 42.3 Å². The zero-order valence-corrected chi connectivity index (χ0v) is 49.1. The summed E-state index contributed by atoms with van der Waals surface area (Å²) in [5.74, 6) is -9.86. The molecule has 4 rings (SSSR count). The largest absolute Gasteiger partial charge is 0.481 e. The summed E-state index contributed by atoms with van der Waals surface area (Å²) in [4.78, 5) is 162. The summed E-state index contributed by atoms with van der Waals surface area (Å²) in [6.07, 6.45) is 5.20. The van der Waals surface area contributed by atoms with Crippen LogP contribution in [0.1, 0.15) is 94.9 Å². The number of primary amides is 1. The molecule has 0 aliphatic heterocycles. The zero-order valence-electron chi connectivity index (χ0n) is 48.2. The summed E-state index contributed by atoms with van der Waals surface area (Å²) in [5.41, 5.74) is 24.5. The number of nitrogens with two attached hydrogens (primary N) is 4. The van der Waals surface area contributed by atoms with Crippen LogP contribution in [0.3, 0.4) is 0 Å². The molecule has 20 N–H and O–H groups in total. The lowest BCUT2D eigenvalue weighted by atomic mass is 10.0. The fourth-order valence-electron chi connectivity index (χ4n) is 8.83. The minimum Gasteiger partial charge on any atom is -0.481 e. The van der Waals surface area contributed by atoms with E-state index in [0.717, 1.165) is 17.3 Å². The number of fused-ring (bicyclic) bond motifs is 1. The maximum atomic E-state index is 14.7. The summed E-state index contributed by atoms with van der Waals surface area (Å²) in [6, 6.07) is 4.91. The summed E-state index contributed by atoms with van der Waals surface area (Å²) < 4.78 is 0. The molecule has 4 aromatic rings. The smallest absolute Gasteiger partial charge is 0.305 e. The number of guanidine groups is 1. The Morgan fingerprint density at radius 1 is 0.605 bits per heavy atom. The highest BCUT2D eigenvalue weighted by Crippen LogP contribution is 2.20. The second-order valence-electron chi connectivity index (χ2n) is 20.4. The van der Waals surface area contributed by atoms with Crippen molar-refractivity contribution in [3.05, 3.63) is 90.1 Å². The van der Waals surface area contributed by atoms with Gasteiger partial charge in [-0.25, -0.2) is 4.98 Å². The molecule has 0 unspecified atom stereocenters. The number of aliphatic imine (C=N–C) groups is 1. The zero-order chi connectivity index (χ0) is 63.1. The molecule has 30 heteroatoms. The van der Waals surface area contributed by atoms with E-state index in [4.69, 9.17) is 22.9 Å². The van der Waals surface area contributed by atoms with Gasteiger partial charge in [-0.1, -0.05) is 88.1 Å². The summed E-state index contributed by atoms with van der Waals surface area (Å²) >= 11 is 4.04. The number of carboxylic acid groups (broad SMARTS) is 1. The molecule has 0 fully saturated rings. The first-order chi connectivity index (χ1) is 41.1. The van der Waals surface area contributed by atoms with Crippen molar-refractivity contribution < 1.29 is 57.8 Å². The van der Waals surface area contributed by atoms with Crippen molar-refractivity contribution in [3.8, 4) is 0 Å². The van der Waals surface area contributed by atoms with Crippen LogP contribution in [-0.4, -0.2) is 165 Å². The number of amides is 10. The van der Waals surface area contributed by atoms with Gasteiger partial charge in [0.15, 0.2) is 5.96 Å². The fourth-order valence-corrected chi connectivity index (χ4v) is 9.00. The van der Waals surface area contributed by atoms with Crippen LogP contribution in [0.2, 0.25) is 0 Å². The highest BCUT2D eigenvalue weighted by molar-refractivity contribution is 7.80. The van der Waals surface area contributed by atoms with Crippen LogP contribution in [0.15, 0.2) is 78.3 Å². The molecule has 0 aliphatic rings. The Morgan fingerprint density at radius 3 is 1.72 bits per heavy atom. The lowest BCUT2D eigenvalue weighted by Gasteiger charge is -2.27. The summed E-state index contributed by atoms with van der Waals surface area (Å²) in [7, 11) is 0. The number of aliphatic carboxylic acids is 1. The normalized spacial score (nSPS) is 13.8. The number of carbonyl (C=O) groups is 11. The predicted octanol–water partition coefficient (Wildman–Crippen LogP) is -2.41. The Hall–Kier alpha value is -9.06. The summed E-state index contributed by atoms with van der Waals surface area (Å²) in [5, 5.41) is 34.0. The molecule has 0 saturated heterocycles. The lowest BCUT2D eigenvalue weighted by molar-refractivity contribution is -0.141. The first-order valence-electron chi connectivity index (χ1n) is 28.3. The second-order valence-corrected chi connectivity index (χ2v) is 20.7. The summed E-state index contributed by atoms with van der Waals surface area (Å²) in [6.45, 7) is 3.03. The van der Waals surface area contributed by atoms with E-state index in [1.165, 1.54) is 12.5 Å². The van der Waals surface area contributed by atoms with E-state index in [1.807, 2.05) is 32.0 Å².